The van der Waals surface area contributed by atoms with Gasteiger partial charge in [-0.05, 0) is 28.1 Å². The Morgan fingerprint density at radius 1 is 1.50 bits per heavy atom. The predicted octanol–water partition coefficient (Wildman–Crippen LogP) is 3.48. The average molecular weight is 250 g/mol. The molecule has 1 nitrogen and oxygen atoms in total. The molecule has 0 saturated heterocycles. The van der Waals surface area contributed by atoms with E-state index in [1.165, 1.54) is 0 Å². The van der Waals surface area contributed by atoms with Crippen molar-refractivity contribution in [3.8, 4) is 0 Å². The van der Waals surface area contributed by atoms with Crippen LogP contribution in [0.2, 0.25) is 0 Å². The molecule has 0 fully saturated rings. The fourth-order valence-corrected chi connectivity index (χ4v) is 1.69. The maximum Gasteiger partial charge on any atom is 0.228 e. The van der Waals surface area contributed by atoms with Gasteiger partial charge < -0.3 is 0 Å². The number of halogens is 2. The quantitative estimate of drug-likeness (QED) is 0.588. The van der Waals surface area contributed by atoms with Gasteiger partial charge >= 0.3 is 0 Å². The van der Waals surface area contributed by atoms with Crippen LogP contribution in [-0.2, 0) is 0 Å². The zero-order chi connectivity index (χ0) is 9.14. The fraction of sp³-hybridized carbons (Fsp3) is 0.375. The zero-order valence-corrected chi connectivity index (χ0v) is 9.25. The van der Waals surface area contributed by atoms with Crippen molar-refractivity contribution in [2.75, 3.05) is 0 Å². The van der Waals surface area contributed by atoms with Crippen LogP contribution in [0.5, 0.6) is 0 Å². The molecule has 0 aliphatic carbocycles. The molecule has 0 aliphatic rings. The Labute approximate surface area is 83.9 Å². The minimum absolute atomic E-state index is 0.413. The summed E-state index contributed by atoms with van der Waals surface area (Å²) in [7, 11) is 0. The number of nitrogens with zero attached hydrogens (tertiary/aromatic N) is 1. The third kappa shape index (κ3) is 2.75. The summed E-state index contributed by atoms with van der Waals surface area (Å²) in [6, 6.07) is 3.48. The number of aromatic nitrogens is 1. The smallest absolute Gasteiger partial charge is 0.212 e. The van der Waals surface area contributed by atoms with Gasteiger partial charge in [0.05, 0.1) is 9.50 Å². The Bertz CT molecular complexity index is 278. The van der Waals surface area contributed by atoms with Crippen LogP contribution in [0.15, 0.2) is 21.6 Å². The molecule has 0 aromatic carbocycles. The van der Waals surface area contributed by atoms with Crippen molar-refractivity contribution in [3.05, 3.63) is 22.6 Å². The number of rotatable bonds is 2. The minimum atomic E-state index is -0.444. The van der Waals surface area contributed by atoms with Gasteiger partial charge in [0.2, 0.25) is 5.95 Å². The van der Waals surface area contributed by atoms with Gasteiger partial charge in [0.25, 0.3) is 0 Å². The Hall–Kier alpha value is -0.0900. The van der Waals surface area contributed by atoms with Crippen LogP contribution < -0.4 is 0 Å². The molecule has 0 unspecified atom stereocenters. The van der Waals surface area contributed by atoms with E-state index in [0.29, 0.717) is 9.72 Å². The van der Waals surface area contributed by atoms with E-state index < -0.39 is 5.95 Å². The van der Waals surface area contributed by atoms with Crippen molar-refractivity contribution >= 4 is 27.7 Å². The Morgan fingerprint density at radius 2 is 2.17 bits per heavy atom. The Balaban J connectivity index is 2.82. The van der Waals surface area contributed by atoms with Gasteiger partial charge in [-0.1, -0.05) is 13.8 Å². The molecule has 66 valence electrons. The van der Waals surface area contributed by atoms with Gasteiger partial charge in [-0.15, -0.1) is 11.8 Å². The topological polar surface area (TPSA) is 12.9 Å². The summed E-state index contributed by atoms with van der Waals surface area (Å²) < 4.78 is 13.3. The molecule has 1 aromatic rings. The fourth-order valence-electron chi connectivity index (χ4n) is 0.708. The third-order valence-electron chi connectivity index (χ3n) is 1.13. The number of hydrogen-bond acceptors (Lipinski definition) is 2. The summed E-state index contributed by atoms with van der Waals surface area (Å²) >= 11 is 4.60. The van der Waals surface area contributed by atoms with Crippen LogP contribution in [0.1, 0.15) is 13.8 Å². The SMILES string of the molecule is CC(C)Sc1ccc(Br)c(F)n1. The highest BCUT2D eigenvalue weighted by molar-refractivity contribution is 9.10. The highest BCUT2D eigenvalue weighted by Gasteiger charge is 2.04. The maximum absolute atomic E-state index is 12.9. The summed E-state index contributed by atoms with van der Waals surface area (Å²) in [5, 5.41) is 1.16. The van der Waals surface area contributed by atoms with Gasteiger partial charge in [-0.25, -0.2) is 4.98 Å². The highest BCUT2D eigenvalue weighted by atomic mass is 79.9. The van der Waals surface area contributed by atoms with Crippen molar-refractivity contribution in [2.24, 2.45) is 0 Å². The summed E-state index contributed by atoms with van der Waals surface area (Å²) in [5.74, 6) is -0.444. The maximum atomic E-state index is 12.9. The lowest BCUT2D eigenvalue weighted by Gasteiger charge is -2.03. The lowest BCUT2D eigenvalue weighted by molar-refractivity contribution is 0.565. The zero-order valence-electron chi connectivity index (χ0n) is 6.84. The van der Waals surface area contributed by atoms with E-state index in [2.05, 4.69) is 20.9 Å². The second-order valence-corrected chi connectivity index (χ2v) is 5.04. The van der Waals surface area contributed by atoms with Crippen molar-refractivity contribution in [3.63, 3.8) is 0 Å². The average Bonchev–Trinajstić information content (AvgIpc) is 1.96. The summed E-state index contributed by atoms with van der Waals surface area (Å²) in [4.78, 5) is 3.76. The summed E-state index contributed by atoms with van der Waals surface area (Å²) in [5.41, 5.74) is 0. The second kappa shape index (κ2) is 4.23. The molecule has 0 aliphatic heterocycles. The van der Waals surface area contributed by atoms with Gasteiger partial charge in [-0.2, -0.15) is 4.39 Å². The van der Waals surface area contributed by atoms with Crippen LogP contribution in [0, 0.1) is 5.95 Å². The van der Waals surface area contributed by atoms with Gasteiger partial charge in [0.1, 0.15) is 0 Å². The number of pyridine rings is 1. The lowest BCUT2D eigenvalue weighted by atomic mass is 10.5. The molecule has 4 heteroatoms. The van der Waals surface area contributed by atoms with Gasteiger partial charge in [-0.3, -0.25) is 0 Å². The standard InChI is InChI=1S/C8H9BrFNS/c1-5(2)12-7-4-3-6(9)8(10)11-7/h3-5H,1-2H3. The first kappa shape index (κ1) is 9.99. The molecule has 0 bridgehead atoms. The first-order valence-corrected chi connectivity index (χ1v) is 5.25. The van der Waals surface area contributed by atoms with Crippen LogP contribution in [-0.4, -0.2) is 10.2 Å². The highest BCUT2D eigenvalue weighted by Crippen LogP contribution is 2.23. The van der Waals surface area contributed by atoms with E-state index in [-0.39, 0.29) is 0 Å². The van der Waals surface area contributed by atoms with E-state index in [4.69, 9.17) is 0 Å². The molecule has 0 amide bonds. The van der Waals surface area contributed by atoms with Crippen LogP contribution in [0.3, 0.4) is 0 Å². The molecule has 12 heavy (non-hydrogen) atoms. The largest absolute Gasteiger partial charge is 0.228 e. The molecule has 1 aromatic heterocycles. The predicted molar refractivity (Wildman–Crippen MR) is 52.9 cm³/mol. The van der Waals surface area contributed by atoms with Crippen LogP contribution in [0.4, 0.5) is 4.39 Å². The monoisotopic (exact) mass is 249 g/mol. The second-order valence-electron chi connectivity index (χ2n) is 2.59. The molecule has 0 atom stereocenters. The Kier molecular flexibility index (Phi) is 3.53. The van der Waals surface area contributed by atoms with E-state index in [9.17, 15) is 4.39 Å². The number of hydrogen-bond donors (Lipinski definition) is 0. The van der Waals surface area contributed by atoms with Gasteiger partial charge in [0, 0.05) is 5.25 Å². The molecule has 0 spiro atoms. The molecule has 0 radical (unpaired) electrons. The van der Waals surface area contributed by atoms with Crippen LogP contribution >= 0.6 is 27.7 Å². The minimum Gasteiger partial charge on any atom is -0.212 e. The van der Waals surface area contributed by atoms with Crippen molar-refractivity contribution in [2.45, 2.75) is 24.1 Å². The third-order valence-corrected chi connectivity index (χ3v) is 2.67. The van der Waals surface area contributed by atoms with Crippen molar-refractivity contribution in [1.82, 2.24) is 4.98 Å². The first-order chi connectivity index (χ1) is 5.59. The molecule has 0 N–H and O–H groups in total. The summed E-state index contributed by atoms with van der Waals surface area (Å²) in [6.45, 7) is 4.10. The normalized spacial score (nSPS) is 10.8. The van der Waals surface area contributed by atoms with Gasteiger partial charge in [0.15, 0.2) is 0 Å². The molecular weight excluding hydrogens is 241 g/mol. The first-order valence-electron chi connectivity index (χ1n) is 3.58. The molecular formula is C8H9BrFNS. The molecule has 0 saturated carbocycles. The lowest BCUT2D eigenvalue weighted by Crippen LogP contribution is -1.91. The van der Waals surface area contributed by atoms with E-state index >= 15 is 0 Å². The van der Waals surface area contributed by atoms with E-state index in [1.54, 1.807) is 23.9 Å². The molecule has 1 heterocycles. The molecule has 1 rings (SSSR count). The van der Waals surface area contributed by atoms with E-state index in [0.717, 1.165) is 5.03 Å². The van der Waals surface area contributed by atoms with Crippen molar-refractivity contribution < 1.29 is 4.39 Å². The van der Waals surface area contributed by atoms with Crippen LogP contribution in [0.25, 0.3) is 0 Å². The number of thioether (sulfide) groups is 1. The summed E-state index contributed by atoms with van der Waals surface area (Å²) in [6.07, 6.45) is 0. The van der Waals surface area contributed by atoms with Crippen molar-refractivity contribution in [1.29, 1.82) is 0 Å². The Morgan fingerprint density at radius 3 is 2.67 bits per heavy atom. The van der Waals surface area contributed by atoms with E-state index in [1.807, 2.05) is 13.8 Å².